The molecule has 0 bridgehead atoms. The average Bonchev–Trinajstić information content (AvgIpc) is 2.89. The smallest absolute Gasteiger partial charge is 0.304 e. The molecule has 0 aromatic heterocycles. The Morgan fingerprint density at radius 1 is 1.11 bits per heavy atom. The van der Waals surface area contributed by atoms with Crippen LogP contribution in [-0.4, -0.2) is 24.5 Å². The number of hydrogen-bond donors (Lipinski definition) is 0. The Labute approximate surface area is 168 Å². The van der Waals surface area contributed by atoms with E-state index in [4.69, 9.17) is 14.2 Å². The largest absolute Gasteiger partial charge is 0.435 e. The maximum Gasteiger partial charge on any atom is 0.304 e. The number of fused-ring (bicyclic) bond motifs is 1. The molecule has 28 heavy (non-hydrogen) atoms. The van der Waals surface area contributed by atoms with E-state index in [1.165, 1.54) is 37.8 Å². The van der Waals surface area contributed by atoms with E-state index in [-0.39, 0.29) is 29.2 Å². The summed E-state index contributed by atoms with van der Waals surface area (Å²) >= 11 is 0. The average molecular weight is 391 g/mol. The lowest BCUT2D eigenvalue weighted by molar-refractivity contribution is -0.213. The minimum absolute atomic E-state index is 0.0385. The van der Waals surface area contributed by atoms with Gasteiger partial charge in [0, 0.05) is 19.8 Å². The number of hydrogen-bond acceptors (Lipinski definition) is 5. The standard InChI is InChI=1S/C23H34O5/c1-7-16-18(23(6)12-8-11-22(4,5)13-23)10-9-17-19(16)21(27-15(3)25)28-20(17)26-14(2)24/h7,10,17,19-21H,8-9,11-13H2,1-6H3/b16-7+/t17-,19+,20-,21+,23-/m1/s1. The van der Waals surface area contributed by atoms with Gasteiger partial charge in [-0.15, -0.1) is 0 Å². The fourth-order valence-corrected chi connectivity index (χ4v) is 5.78. The number of carbonyl (C=O) groups excluding carboxylic acids is 2. The molecular formula is C23H34O5. The summed E-state index contributed by atoms with van der Waals surface area (Å²) in [4.78, 5) is 23.2. The van der Waals surface area contributed by atoms with E-state index in [1.807, 2.05) is 6.92 Å². The van der Waals surface area contributed by atoms with E-state index in [0.717, 1.165) is 19.3 Å². The van der Waals surface area contributed by atoms with Gasteiger partial charge in [-0.1, -0.05) is 39.3 Å². The second-order valence-electron chi connectivity index (χ2n) is 9.63. The lowest BCUT2D eigenvalue weighted by Crippen LogP contribution is -2.38. The van der Waals surface area contributed by atoms with Crippen LogP contribution in [0.15, 0.2) is 23.3 Å². The Balaban J connectivity index is 1.96. The van der Waals surface area contributed by atoms with Crippen molar-refractivity contribution >= 4 is 11.9 Å². The van der Waals surface area contributed by atoms with Gasteiger partial charge in [0.1, 0.15) is 0 Å². The van der Waals surface area contributed by atoms with E-state index in [2.05, 4.69) is 32.9 Å². The third-order valence-corrected chi connectivity index (χ3v) is 6.61. The van der Waals surface area contributed by atoms with Crippen molar-refractivity contribution < 1.29 is 23.8 Å². The molecule has 5 atom stereocenters. The number of carbonyl (C=O) groups is 2. The predicted octanol–water partition coefficient (Wildman–Crippen LogP) is 4.91. The van der Waals surface area contributed by atoms with Crippen molar-refractivity contribution in [2.24, 2.45) is 22.7 Å². The topological polar surface area (TPSA) is 61.8 Å². The van der Waals surface area contributed by atoms with Crippen LogP contribution in [0.2, 0.25) is 0 Å². The molecule has 1 aliphatic heterocycles. The second kappa shape index (κ2) is 7.66. The molecule has 0 spiro atoms. The highest BCUT2D eigenvalue weighted by Gasteiger charge is 2.53. The zero-order valence-corrected chi connectivity index (χ0v) is 18.0. The summed E-state index contributed by atoms with van der Waals surface area (Å²) in [6.07, 6.45) is 8.54. The SMILES string of the molecule is C/C=C1\C([C@]2(C)CCCC(C)(C)C2)=CC[C@H]2[C@H](OC(C)=O)O[C@H](OC(C)=O)[C@@H]12. The quantitative estimate of drug-likeness (QED) is 0.641. The normalized spacial score (nSPS) is 38.5. The minimum atomic E-state index is -0.720. The first-order chi connectivity index (χ1) is 13.1. The van der Waals surface area contributed by atoms with Gasteiger partial charge in [-0.3, -0.25) is 9.59 Å². The summed E-state index contributed by atoms with van der Waals surface area (Å²) in [5.41, 5.74) is 2.94. The first kappa shape index (κ1) is 21.1. The maximum absolute atomic E-state index is 11.7. The van der Waals surface area contributed by atoms with Crippen LogP contribution >= 0.6 is 0 Å². The van der Waals surface area contributed by atoms with Crippen molar-refractivity contribution in [3.63, 3.8) is 0 Å². The summed E-state index contributed by atoms with van der Waals surface area (Å²) < 4.78 is 16.8. The maximum atomic E-state index is 11.7. The van der Waals surface area contributed by atoms with Crippen molar-refractivity contribution in [1.29, 1.82) is 0 Å². The molecule has 1 saturated heterocycles. The van der Waals surface area contributed by atoms with Crippen molar-refractivity contribution in [3.8, 4) is 0 Å². The number of rotatable bonds is 3. The molecule has 3 rings (SSSR count). The first-order valence-corrected chi connectivity index (χ1v) is 10.4. The van der Waals surface area contributed by atoms with E-state index < -0.39 is 12.6 Å². The molecule has 0 amide bonds. The fraction of sp³-hybridized carbons (Fsp3) is 0.739. The zero-order chi connectivity index (χ0) is 20.7. The Morgan fingerprint density at radius 2 is 1.75 bits per heavy atom. The van der Waals surface area contributed by atoms with Gasteiger partial charge in [0.05, 0.1) is 5.92 Å². The molecule has 1 heterocycles. The molecule has 5 nitrogen and oxygen atoms in total. The van der Waals surface area contributed by atoms with E-state index in [1.54, 1.807) is 0 Å². The summed E-state index contributed by atoms with van der Waals surface area (Å²) in [7, 11) is 0. The van der Waals surface area contributed by atoms with Crippen LogP contribution in [0.4, 0.5) is 0 Å². The van der Waals surface area contributed by atoms with Crippen LogP contribution in [0.5, 0.6) is 0 Å². The first-order valence-electron chi connectivity index (χ1n) is 10.4. The lowest BCUT2D eigenvalue weighted by Gasteiger charge is -2.47. The molecule has 156 valence electrons. The molecule has 1 saturated carbocycles. The Kier molecular flexibility index (Phi) is 5.77. The zero-order valence-electron chi connectivity index (χ0n) is 18.0. The predicted molar refractivity (Wildman–Crippen MR) is 106 cm³/mol. The fourth-order valence-electron chi connectivity index (χ4n) is 5.78. The highest BCUT2D eigenvalue weighted by atomic mass is 16.8. The Bertz CT molecular complexity index is 704. The highest BCUT2D eigenvalue weighted by Crippen LogP contribution is 2.56. The third kappa shape index (κ3) is 4.05. The number of ether oxygens (including phenoxy) is 3. The van der Waals surface area contributed by atoms with Gasteiger partial charge in [-0.2, -0.15) is 0 Å². The van der Waals surface area contributed by atoms with Crippen LogP contribution in [0, 0.1) is 22.7 Å². The number of esters is 2. The Morgan fingerprint density at radius 3 is 2.32 bits per heavy atom. The molecule has 3 aliphatic rings. The summed E-state index contributed by atoms with van der Waals surface area (Å²) in [6, 6.07) is 0. The highest BCUT2D eigenvalue weighted by molar-refractivity contribution is 5.67. The molecule has 0 unspecified atom stereocenters. The molecule has 0 aromatic rings. The molecule has 0 aromatic carbocycles. The van der Waals surface area contributed by atoms with Crippen LogP contribution < -0.4 is 0 Å². The van der Waals surface area contributed by atoms with Gasteiger partial charge in [-0.05, 0) is 54.6 Å². The molecular weight excluding hydrogens is 356 g/mol. The van der Waals surface area contributed by atoms with E-state index in [9.17, 15) is 9.59 Å². The summed E-state index contributed by atoms with van der Waals surface area (Å²) in [5, 5.41) is 0. The van der Waals surface area contributed by atoms with Crippen LogP contribution in [0.25, 0.3) is 0 Å². The van der Waals surface area contributed by atoms with Gasteiger partial charge in [0.25, 0.3) is 0 Å². The van der Waals surface area contributed by atoms with Gasteiger partial charge in [0.2, 0.25) is 12.6 Å². The van der Waals surface area contributed by atoms with Crippen molar-refractivity contribution in [2.75, 3.05) is 0 Å². The minimum Gasteiger partial charge on any atom is -0.435 e. The van der Waals surface area contributed by atoms with Gasteiger partial charge >= 0.3 is 11.9 Å². The van der Waals surface area contributed by atoms with Gasteiger partial charge < -0.3 is 14.2 Å². The molecule has 5 heteroatoms. The van der Waals surface area contributed by atoms with Crippen LogP contribution in [0.1, 0.15) is 73.6 Å². The molecule has 0 N–H and O–H groups in total. The molecule has 2 fully saturated rings. The van der Waals surface area contributed by atoms with Gasteiger partial charge in [0.15, 0.2) is 0 Å². The van der Waals surface area contributed by atoms with Crippen LogP contribution in [-0.2, 0) is 23.8 Å². The number of allylic oxidation sites excluding steroid dienone is 3. The third-order valence-electron chi connectivity index (χ3n) is 6.61. The lowest BCUT2D eigenvalue weighted by atomic mass is 9.57. The van der Waals surface area contributed by atoms with Crippen molar-refractivity contribution in [2.45, 2.75) is 86.2 Å². The monoisotopic (exact) mass is 390 g/mol. The molecule has 0 radical (unpaired) electrons. The van der Waals surface area contributed by atoms with Crippen molar-refractivity contribution in [3.05, 3.63) is 23.3 Å². The second-order valence-corrected chi connectivity index (χ2v) is 9.63. The van der Waals surface area contributed by atoms with E-state index in [0.29, 0.717) is 5.41 Å². The summed E-state index contributed by atoms with van der Waals surface area (Å²) in [5.74, 6) is -0.919. The Hall–Kier alpha value is -1.62. The van der Waals surface area contributed by atoms with E-state index >= 15 is 0 Å². The van der Waals surface area contributed by atoms with Crippen molar-refractivity contribution in [1.82, 2.24) is 0 Å². The van der Waals surface area contributed by atoms with Gasteiger partial charge in [-0.25, -0.2) is 0 Å². The van der Waals surface area contributed by atoms with Crippen LogP contribution in [0.3, 0.4) is 0 Å². The summed E-state index contributed by atoms with van der Waals surface area (Å²) in [6.45, 7) is 11.9. The molecule has 2 aliphatic carbocycles.